The molecule has 0 amide bonds. The van der Waals surface area contributed by atoms with Gasteiger partial charge in [0, 0.05) is 12.7 Å². The van der Waals surface area contributed by atoms with Crippen molar-refractivity contribution in [2.24, 2.45) is 5.92 Å². The minimum absolute atomic E-state index is 0.794. The summed E-state index contributed by atoms with van der Waals surface area (Å²) in [4.78, 5) is 4.28. The summed E-state index contributed by atoms with van der Waals surface area (Å²) in [5, 5.41) is 6.90. The lowest BCUT2D eigenvalue weighted by Crippen LogP contribution is -2.35. The van der Waals surface area contributed by atoms with Crippen LogP contribution in [0.15, 0.2) is 24.4 Å². The molecule has 1 fully saturated rings. The van der Waals surface area contributed by atoms with Gasteiger partial charge < -0.3 is 10.6 Å². The van der Waals surface area contributed by atoms with Gasteiger partial charge in [-0.15, -0.1) is 0 Å². The highest BCUT2D eigenvalue weighted by molar-refractivity contribution is 5.02. The Morgan fingerprint density at radius 1 is 1.47 bits per heavy atom. The first-order valence-electron chi connectivity index (χ1n) is 5.76. The van der Waals surface area contributed by atoms with E-state index >= 15 is 0 Å². The predicted molar refractivity (Wildman–Crippen MR) is 61.5 cm³/mol. The molecule has 1 saturated heterocycles. The average molecular weight is 205 g/mol. The molecule has 0 saturated carbocycles. The van der Waals surface area contributed by atoms with Crippen LogP contribution in [0.3, 0.4) is 0 Å². The molecular formula is C12H19N3. The van der Waals surface area contributed by atoms with E-state index in [1.807, 2.05) is 18.3 Å². The van der Waals surface area contributed by atoms with E-state index in [1.165, 1.54) is 19.4 Å². The maximum atomic E-state index is 4.28. The van der Waals surface area contributed by atoms with Crippen LogP contribution in [-0.4, -0.2) is 24.6 Å². The Bertz CT molecular complexity index is 267. The van der Waals surface area contributed by atoms with Crippen molar-refractivity contribution >= 4 is 0 Å². The summed E-state index contributed by atoms with van der Waals surface area (Å²) < 4.78 is 0. The number of hydrogen-bond donors (Lipinski definition) is 2. The van der Waals surface area contributed by atoms with Crippen LogP contribution in [0.25, 0.3) is 0 Å². The fourth-order valence-corrected chi connectivity index (χ4v) is 2.01. The number of rotatable bonds is 4. The minimum atomic E-state index is 0.794. The topological polar surface area (TPSA) is 37.0 Å². The zero-order chi connectivity index (χ0) is 10.3. The van der Waals surface area contributed by atoms with Crippen LogP contribution >= 0.6 is 0 Å². The number of nitrogens with one attached hydrogen (secondary N) is 2. The van der Waals surface area contributed by atoms with Gasteiger partial charge in [-0.05, 0) is 50.5 Å². The third kappa shape index (κ3) is 3.61. The van der Waals surface area contributed by atoms with E-state index in [0.717, 1.165) is 31.2 Å². The summed E-state index contributed by atoms with van der Waals surface area (Å²) >= 11 is 0. The Morgan fingerprint density at radius 2 is 2.47 bits per heavy atom. The van der Waals surface area contributed by atoms with Crippen LogP contribution in [0.5, 0.6) is 0 Å². The monoisotopic (exact) mass is 205 g/mol. The van der Waals surface area contributed by atoms with Crippen LogP contribution in [0.2, 0.25) is 0 Å². The zero-order valence-electron chi connectivity index (χ0n) is 9.08. The fourth-order valence-electron chi connectivity index (χ4n) is 2.01. The van der Waals surface area contributed by atoms with Crippen LogP contribution in [-0.2, 0) is 6.54 Å². The standard InChI is InChI=1S/C12H19N3/c1-2-7-15-12(5-1)10-14-9-11-4-3-6-13-8-11/h1-2,5,7,11,13-14H,3-4,6,8-10H2. The van der Waals surface area contributed by atoms with E-state index in [9.17, 15) is 0 Å². The summed E-state index contributed by atoms with van der Waals surface area (Å²) in [6.45, 7) is 4.34. The third-order valence-electron chi connectivity index (χ3n) is 2.86. The van der Waals surface area contributed by atoms with E-state index in [-0.39, 0.29) is 0 Å². The molecule has 2 heterocycles. The number of aromatic nitrogens is 1. The first-order chi connectivity index (χ1) is 7.45. The van der Waals surface area contributed by atoms with Crippen molar-refractivity contribution < 1.29 is 0 Å². The van der Waals surface area contributed by atoms with Crippen molar-refractivity contribution in [1.29, 1.82) is 0 Å². The fraction of sp³-hybridized carbons (Fsp3) is 0.583. The van der Waals surface area contributed by atoms with Crippen molar-refractivity contribution in [2.45, 2.75) is 19.4 Å². The Morgan fingerprint density at radius 3 is 3.20 bits per heavy atom. The molecule has 3 heteroatoms. The van der Waals surface area contributed by atoms with Crippen molar-refractivity contribution in [3.8, 4) is 0 Å². The first-order valence-corrected chi connectivity index (χ1v) is 5.76. The summed E-state index contributed by atoms with van der Waals surface area (Å²) in [7, 11) is 0. The Hall–Kier alpha value is -0.930. The number of hydrogen-bond acceptors (Lipinski definition) is 3. The predicted octanol–water partition coefficient (Wildman–Crippen LogP) is 1.17. The molecule has 2 rings (SSSR count). The highest BCUT2D eigenvalue weighted by atomic mass is 14.9. The summed E-state index contributed by atoms with van der Waals surface area (Å²) in [5.41, 5.74) is 1.13. The van der Waals surface area contributed by atoms with E-state index < -0.39 is 0 Å². The lowest BCUT2D eigenvalue weighted by Gasteiger charge is -2.22. The molecular weight excluding hydrogens is 186 g/mol. The second kappa shape index (κ2) is 5.83. The van der Waals surface area contributed by atoms with Crippen molar-refractivity contribution in [2.75, 3.05) is 19.6 Å². The summed E-state index contributed by atoms with van der Waals surface area (Å²) in [5.74, 6) is 0.794. The lowest BCUT2D eigenvalue weighted by molar-refractivity contribution is 0.359. The van der Waals surface area contributed by atoms with Crippen LogP contribution < -0.4 is 10.6 Å². The summed E-state index contributed by atoms with van der Waals surface area (Å²) in [6.07, 6.45) is 4.51. The second-order valence-electron chi connectivity index (χ2n) is 4.16. The molecule has 1 aromatic rings. The van der Waals surface area contributed by atoms with Crippen LogP contribution in [0, 0.1) is 5.92 Å². The van der Waals surface area contributed by atoms with Gasteiger partial charge >= 0.3 is 0 Å². The molecule has 0 bridgehead atoms. The van der Waals surface area contributed by atoms with Crippen LogP contribution in [0.4, 0.5) is 0 Å². The molecule has 15 heavy (non-hydrogen) atoms. The molecule has 1 atom stereocenters. The van der Waals surface area contributed by atoms with Gasteiger partial charge in [0.2, 0.25) is 0 Å². The Balaban J connectivity index is 1.66. The highest BCUT2D eigenvalue weighted by Crippen LogP contribution is 2.08. The van der Waals surface area contributed by atoms with Crippen molar-refractivity contribution in [3.63, 3.8) is 0 Å². The van der Waals surface area contributed by atoms with Gasteiger partial charge in [-0.1, -0.05) is 6.07 Å². The van der Waals surface area contributed by atoms with Gasteiger partial charge in [-0.25, -0.2) is 0 Å². The third-order valence-corrected chi connectivity index (χ3v) is 2.86. The van der Waals surface area contributed by atoms with Gasteiger partial charge in [0.15, 0.2) is 0 Å². The Labute approximate surface area is 91.3 Å². The van der Waals surface area contributed by atoms with Gasteiger partial charge in [0.25, 0.3) is 0 Å². The molecule has 82 valence electrons. The molecule has 2 N–H and O–H groups in total. The molecule has 0 aromatic carbocycles. The molecule has 1 aromatic heterocycles. The van der Waals surface area contributed by atoms with Crippen molar-refractivity contribution in [3.05, 3.63) is 30.1 Å². The smallest absolute Gasteiger partial charge is 0.0541 e. The van der Waals surface area contributed by atoms with E-state index in [0.29, 0.717) is 0 Å². The van der Waals surface area contributed by atoms with E-state index in [2.05, 4.69) is 21.7 Å². The van der Waals surface area contributed by atoms with Crippen LogP contribution in [0.1, 0.15) is 18.5 Å². The molecule has 1 aliphatic rings. The maximum absolute atomic E-state index is 4.28. The minimum Gasteiger partial charge on any atom is -0.316 e. The zero-order valence-corrected chi connectivity index (χ0v) is 9.08. The van der Waals surface area contributed by atoms with E-state index in [4.69, 9.17) is 0 Å². The van der Waals surface area contributed by atoms with Gasteiger partial charge in [-0.2, -0.15) is 0 Å². The second-order valence-corrected chi connectivity index (χ2v) is 4.16. The number of pyridine rings is 1. The summed E-state index contributed by atoms with van der Waals surface area (Å²) in [6, 6.07) is 6.05. The average Bonchev–Trinajstić information content (AvgIpc) is 2.32. The highest BCUT2D eigenvalue weighted by Gasteiger charge is 2.11. The Kier molecular flexibility index (Phi) is 4.11. The molecule has 0 spiro atoms. The largest absolute Gasteiger partial charge is 0.316 e. The van der Waals surface area contributed by atoms with E-state index in [1.54, 1.807) is 0 Å². The lowest BCUT2D eigenvalue weighted by atomic mass is 10.00. The molecule has 0 aliphatic carbocycles. The van der Waals surface area contributed by atoms with Gasteiger partial charge in [0.05, 0.1) is 5.69 Å². The molecule has 3 nitrogen and oxygen atoms in total. The normalized spacial score (nSPS) is 21.5. The van der Waals surface area contributed by atoms with Gasteiger partial charge in [-0.3, -0.25) is 4.98 Å². The molecule has 0 radical (unpaired) electrons. The molecule has 1 unspecified atom stereocenters. The quantitative estimate of drug-likeness (QED) is 0.775. The van der Waals surface area contributed by atoms with Gasteiger partial charge in [0.1, 0.15) is 0 Å². The molecule has 1 aliphatic heterocycles. The number of nitrogens with zero attached hydrogens (tertiary/aromatic N) is 1. The SMILES string of the molecule is c1ccc(CNCC2CCCNC2)nc1. The maximum Gasteiger partial charge on any atom is 0.0541 e. The number of piperidine rings is 1. The van der Waals surface area contributed by atoms with Crippen molar-refractivity contribution in [1.82, 2.24) is 15.6 Å². The first kappa shape index (κ1) is 10.6.